The monoisotopic (exact) mass is 243 g/mol. The minimum atomic E-state index is 0.801. The Kier molecular flexibility index (Phi) is 3.82. The Morgan fingerprint density at radius 2 is 1.72 bits per heavy atom. The van der Waals surface area contributed by atoms with E-state index < -0.39 is 0 Å². The molecule has 0 bridgehead atoms. The van der Waals surface area contributed by atoms with Gasteiger partial charge in [-0.2, -0.15) is 0 Å². The number of nitrogens with one attached hydrogen (secondary N) is 1. The van der Waals surface area contributed by atoms with Crippen LogP contribution in [0.3, 0.4) is 0 Å². The highest BCUT2D eigenvalue weighted by Crippen LogP contribution is 2.24. The van der Waals surface area contributed by atoms with E-state index in [9.17, 15) is 0 Å². The molecule has 1 N–H and O–H groups in total. The van der Waals surface area contributed by atoms with Gasteiger partial charge in [0, 0.05) is 24.5 Å². The van der Waals surface area contributed by atoms with E-state index in [-0.39, 0.29) is 0 Å². The van der Waals surface area contributed by atoms with Crippen molar-refractivity contribution in [3.63, 3.8) is 0 Å². The Balaban J connectivity index is 2.47. The summed E-state index contributed by atoms with van der Waals surface area (Å²) >= 11 is 0. The van der Waals surface area contributed by atoms with Crippen molar-refractivity contribution in [3.8, 4) is 11.3 Å². The van der Waals surface area contributed by atoms with Crippen LogP contribution in [0.25, 0.3) is 11.3 Å². The van der Waals surface area contributed by atoms with Crippen molar-refractivity contribution in [3.05, 3.63) is 30.1 Å². The molecular weight excluding hydrogens is 226 g/mol. The number of aryl methyl sites for hydroxylation is 2. The van der Waals surface area contributed by atoms with Crippen LogP contribution in [-0.4, -0.2) is 26.5 Å². The topological polar surface area (TPSA) is 63.6 Å². The van der Waals surface area contributed by atoms with Crippen LogP contribution in [0.4, 0.5) is 5.82 Å². The number of hydrogen-bond acceptors (Lipinski definition) is 5. The van der Waals surface area contributed by atoms with Crippen molar-refractivity contribution < 1.29 is 0 Å². The Labute approximate surface area is 107 Å². The SMILES string of the molecule is CCCNc1nc(C)c(C)nc1-c1cncnc1. The lowest BCUT2D eigenvalue weighted by Crippen LogP contribution is -2.07. The fourth-order valence-electron chi connectivity index (χ4n) is 1.59. The molecule has 18 heavy (non-hydrogen) atoms. The maximum atomic E-state index is 4.59. The Morgan fingerprint density at radius 1 is 1.06 bits per heavy atom. The van der Waals surface area contributed by atoms with Gasteiger partial charge in [0.1, 0.15) is 12.0 Å². The molecule has 0 fully saturated rings. The summed E-state index contributed by atoms with van der Waals surface area (Å²) in [6.45, 7) is 6.91. The van der Waals surface area contributed by atoms with Crippen molar-refractivity contribution in [2.24, 2.45) is 0 Å². The molecule has 0 saturated carbocycles. The first kappa shape index (κ1) is 12.4. The van der Waals surface area contributed by atoms with E-state index in [1.807, 2.05) is 13.8 Å². The van der Waals surface area contributed by atoms with Crippen molar-refractivity contribution in [2.45, 2.75) is 27.2 Å². The second-order valence-electron chi connectivity index (χ2n) is 4.15. The molecule has 0 atom stereocenters. The molecule has 0 amide bonds. The van der Waals surface area contributed by atoms with E-state index in [0.29, 0.717) is 0 Å². The zero-order chi connectivity index (χ0) is 13.0. The summed E-state index contributed by atoms with van der Waals surface area (Å²) in [5.41, 5.74) is 3.56. The third kappa shape index (κ3) is 2.61. The van der Waals surface area contributed by atoms with Crippen molar-refractivity contribution in [1.82, 2.24) is 19.9 Å². The third-order valence-corrected chi connectivity index (χ3v) is 2.68. The average Bonchev–Trinajstić information content (AvgIpc) is 2.40. The maximum absolute atomic E-state index is 4.59. The standard InChI is InChI=1S/C13H17N5/c1-4-5-16-13-12(11-6-14-8-15-7-11)17-9(2)10(3)18-13/h6-8H,4-5H2,1-3H3,(H,16,18). The number of aromatic nitrogens is 4. The molecule has 94 valence electrons. The van der Waals surface area contributed by atoms with E-state index in [0.717, 1.165) is 41.4 Å². The van der Waals surface area contributed by atoms with Gasteiger partial charge < -0.3 is 5.32 Å². The molecule has 0 radical (unpaired) electrons. The van der Waals surface area contributed by atoms with Gasteiger partial charge in [0.05, 0.1) is 11.4 Å². The van der Waals surface area contributed by atoms with Gasteiger partial charge >= 0.3 is 0 Å². The lowest BCUT2D eigenvalue weighted by atomic mass is 10.2. The largest absolute Gasteiger partial charge is 0.368 e. The first-order valence-corrected chi connectivity index (χ1v) is 6.07. The van der Waals surface area contributed by atoms with E-state index in [4.69, 9.17) is 0 Å². The number of nitrogens with zero attached hydrogens (tertiary/aromatic N) is 4. The van der Waals surface area contributed by atoms with Gasteiger partial charge in [0.15, 0.2) is 5.82 Å². The lowest BCUT2D eigenvalue weighted by molar-refractivity contribution is 0.952. The van der Waals surface area contributed by atoms with Gasteiger partial charge in [-0.15, -0.1) is 0 Å². The van der Waals surface area contributed by atoms with E-state index >= 15 is 0 Å². The Hall–Kier alpha value is -2.04. The summed E-state index contributed by atoms with van der Waals surface area (Å²) in [7, 11) is 0. The van der Waals surface area contributed by atoms with Crippen LogP contribution in [0.1, 0.15) is 24.7 Å². The zero-order valence-corrected chi connectivity index (χ0v) is 10.9. The van der Waals surface area contributed by atoms with Gasteiger partial charge in [0.25, 0.3) is 0 Å². The molecular formula is C13H17N5. The summed E-state index contributed by atoms with van der Waals surface area (Å²) in [4.78, 5) is 17.2. The number of anilines is 1. The Bertz CT molecular complexity index is 524. The van der Waals surface area contributed by atoms with Crippen LogP contribution in [0.2, 0.25) is 0 Å². The summed E-state index contributed by atoms with van der Waals surface area (Å²) in [5.74, 6) is 0.801. The molecule has 5 heteroatoms. The molecule has 0 aromatic carbocycles. The van der Waals surface area contributed by atoms with Crippen molar-refractivity contribution in [1.29, 1.82) is 0 Å². The maximum Gasteiger partial charge on any atom is 0.153 e. The van der Waals surface area contributed by atoms with Crippen molar-refractivity contribution >= 4 is 5.82 Å². The second kappa shape index (κ2) is 5.53. The minimum Gasteiger partial charge on any atom is -0.368 e. The van der Waals surface area contributed by atoms with E-state index in [1.165, 1.54) is 6.33 Å². The molecule has 5 nitrogen and oxygen atoms in total. The molecule has 2 aromatic rings. The van der Waals surface area contributed by atoms with Crippen molar-refractivity contribution in [2.75, 3.05) is 11.9 Å². The highest BCUT2D eigenvalue weighted by Gasteiger charge is 2.11. The molecule has 0 spiro atoms. The summed E-state index contributed by atoms with van der Waals surface area (Å²) in [6.07, 6.45) is 6.06. The average molecular weight is 243 g/mol. The van der Waals surface area contributed by atoms with Crippen LogP contribution < -0.4 is 5.32 Å². The van der Waals surface area contributed by atoms with Crippen LogP contribution >= 0.6 is 0 Å². The van der Waals surface area contributed by atoms with E-state index in [2.05, 4.69) is 32.2 Å². The van der Waals surface area contributed by atoms with Crippen LogP contribution in [-0.2, 0) is 0 Å². The quantitative estimate of drug-likeness (QED) is 0.893. The second-order valence-corrected chi connectivity index (χ2v) is 4.15. The molecule has 0 aliphatic heterocycles. The molecule has 2 heterocycles. The number of hydrogen-bond donors (Lipinski definition) is 1. The Morgan fingerprint density at radius 3 is 2.39 bits per heavy atom. The summed E-state index contributed by atoms with van der Waals surface area (Å²) < 4.78 is 0. The smallest absolute Gasteiger partial charge is 0.153 e. The van der Waals surface area contributed by atoms with Crippen LogP contribution in [0, 0.1) is 13.8 Å². The fraction of sp³-hybridized carbons (Fsp3) is 0.385. The molecule has 2 rings (SSSR count). The third-order valence-electron chi connectivity index (χ3n) is 2.68. The van der Waals surface area contributed by atoms with Gasteiger partial charge in [-0.1, -0.05) is 6.92 Å². The highest BCUT2D eigenvalue weighted by molar-refractivity contribution is 5.70. The first-order chi connectivity index (χ1) is 8.72. The van der Waals surface area contributed by atoms with Gasteiger partial charge in [-0.05, 0) is 20.3 Å². The summed E-state index contributed by atoms with van der Waals surface area (Å²) in [5, 5.41) is 3.30. The molecule has 0 saturated heterocycles. The predicted octanol–water partition coefficient (Wildman–Crippen LogP) is 2.37. The summed E-state index contributed by atoms with van der Waals surface area (Å²) in [6, 6.07) is 0. The first-order valence-electron chi connectivity index (χ1n) is 6.07. The fourth-order valence-corrected chi connectivity index (χ4v) is 1.59. The molecule has 0 aliphatic carbocycles. The predicted molar refractivity (Wildman–Crippen MR) is 71.3 cm³/mol. The zero-order valence-electron chi connectivity index (χ0n) is 10.9. The minimum absolute atomic E-state index is 0.801. The highest BCUT2D eigenvalue weighted by atomic mass is 15.0. The lowest BCUT2D eigenvalue weighted by Gasteiger charge is -2.11. The molecule has 2 aromatic heterocycles. The number of rotatable bonds is 4. The molecule has 0 aliphatic rings. The van der Waals surface area contributed by atoms with Gasteiger partial charge in [0.2, 0.25) is 0 Å². The van der Waals surface area contributed by atoms with Crippen LogP contribution in [0.5, 0.6) is 0 Å². The molecule has 0 unspecified atom stereocenters. The van der Waals surface area contributed by atoms with E-state index in [1.54, 1.807) is 12.4 Å². The van der Waals surface area contributed by atoms with Gasteiger partial charge in [-0.25, -0.2) is 19.9 Å². The van der Waals surface area contributed by atoms with Crippen LogP contribution in [0.15, 0.2) is 18.7 Å². The normalized spacial score (nSPS) is 10.4. The van der Waals surface area contributed by atoms with Gasteiger partial charge in [-0.3, -0.25) is 0 Å².